The lowest BCUT2D eigenvalue weighted by atomic mass is 10.1. The molecule has 0 saturated carbocycles. The Hall–Kier alpha value is -3.40. The van der Waals surface area contributed by atoms with Gasteiger partial charge in [0, 0.05) is 28.4 Å². The van der Waals surface area contributed by atoms with E-state index in [-0.39, 0.29) is 28.5 Å². The van der Waals surface area contributed by atoms with E-state index in [0.717, 1.165) is 5.69 Å². The molecule has 30 heavy (non-hydrogen) atoms. The fraction of sp³-hybridized carbons (Fsp3) is 0.250. The molecule has 0 saturated heterocycles. The number of benzene rings is 1. The fourth-order valence-corrected chi connectivity index (χ4v) is 4.00. The van der Waals surface area contributed by atoms with Crippen molar-refractivity contribution >= 4 is 38.6 Å². The van der Waals surface area contributed by atoms with E-state index in [9.17, 15) is 18.0 Å². The van der Waals surface area contributed by atoms with E-state index in [1.54, 1.807) is 32.9 Å². The van der Waals surface area contributed by atoms with Gasteiger partial charge in [0.1, 0.15) is 17.0 Å². The molecule has 0 aliphatic rings. The standard InChI is InChI=1S/C20H21N3O6S/c1-4-9-30(26,27)29-13-6-8-15-16(10-13)28-19(17(15)23-20(21)25)18(24)14-7-5-11(2)22-12(14)3/h5-8,10H,4,9H2,1-3H3,(H3,21,23,25). The molecule has 0 atom stereocenters. The van der Waals surface area contributed by atoms with Gasteiger partial charge in [0.15, 0.2) is 5.76 Å². The summed E-state index contributed by atoms with van der Waals surface area (Å²) in [5.41, 5.74) is 7.05. The lowest BCUT2D eigenvalue weighted by Crippen LogP contribution is -2.20. The zero-order valence-electron chi connectivity index (χ0n) is 16.7. The summed E-state index contributed by atoms with van der Waals surface area (Å²) in [4.78, 5) is 28.9. The van der Waals surface area contributed by atoms with Crippen molar-refractivity contribution in [1.29, 1.82) is 0 Å². The maximum absolute atomic E-state index is 13.1. The van der Waals surface area contributed by atoms with Crippen molar-refractivity contribution in [2.24, 2.45) is 5.73 Å². The second-order valence-corrected chi connectivity index (χ2v) is 8.40. The smallest absolute Gasteiger partial charge is 0.316 e. The fourth-order valence-electron chi connectivity index (χ4n) is 3.02. The van der Waals surface area contributed by atoms with Crippen LogP contribution >= 0.6 is 0 Å². The van der Waals surface area contributed by atoms with Gasteiger partial charge in [-0.2, -0.15) is 8.42 Å². The van der Waals surface area contributed by atoms with Gasteiger partial charge in [-0.3, -0.25) is 9.78 Å². The van der Waals surface area contributed by atoms with Crippen molar-refractivity contribution in [1.82, 2.24) is 4.98 Å². The number of pyridine rings is 1. The van der Waals surface area contributed by atoms with Gasteiger partial charge in [-0.1, -0.05) is 6.92 Å². The van der Waals surface area contributed by atoms with Crippen molar-refractivity contribution in [3.63, 3.8) is 0 Å². The van der Waals surface area contributed by atoms with Crippen LogP contribution in [-0.2, 0) is 10.1 Å². The van der Waals surface area contributed by atoms with E-state index in [4.69, 9.17) is 14.3 Å². The monoisotopic (exact) mass is 431 g/mol. The van der Waals surface area contributed by atoms with Crippen LogP contribution in [0.15, 0.2) is 34.7 Å². The Balaban J connectivity index is 2.11. The quantitative estimate of drug-likeness (QED) is 0.432. The largest absolute Gasteiger partial charge is 0.450 e. The molecule has 2 amide bonds. The lowest BCUT2D eigenvalue weighted by molar-refractivity contribution is 0.101. The van der Waals surface area contributed by atoms with Gasteiger partial charge in [0.2, 0.25) is 5.78 Å². The summed E-state index contributed by atoms with van der Waals surface area (Å²) in [7, 11) is -3.75. The van der Waals surface area contributed by atoms with E-state index in [2.05, 4.69) is 10.3 Å². The molecule has 3 aromatic rings. The number of nitrogens with one attached hydrogen (secondary N) is 1. The summed E-state index contributed by atoms with van der Waals surface area (Å²) in [5, 5.41) is 2.78. The van der Waals surface area contributed by atoms with Crippen LogP contribution in [0.4, 0.5) is 10.5 Å². The number of carbonyl (C=O) groups excluding carboxylic acids is 2. The third kappa shape index (κ3) is 4.43. The number of furan rings is 1. The molecular weight excluding hydrogens is 410 g/mol. The number of nitrogens with zero attached hydrogens (tertiary/aromatic N) is 1. The maximum atomic E-state index is 13.1. The highest BCUT2D eigenvalue weighted by Crippen LogP contribution is 2.35. The van der Waals surface area contributed by atoms with Crippen molar-refractivity contribution in [3.05, 3.63) is 53.0 Å². The van der Waals surface area contributed by atoms with Crippen LogP contribution in [0.5, 0.6) is 5.75 Å². The number of fused-ring (bicyclic) bond motifs is 1. The summed E-state index contributed by atoms with van der Waals surface area (Å²) in [6.07, 6.45) is 0.403. The molecule has 0 aliphatic carbocycles. The lowest BCUT2D eigenvalue weighted by Gasteiger charge is -2.06. The van der Waals surface area contributed by atoms with Crippen LogP contribution in [0.2, 0.25) is 0 Å². The second kappa shape index (κ2) is 8.15. The van der Waals surface area contributed by atoms with Crippen LogP contribution in [0.25, 0.3) is 11.0 Å². The van der Waals surface area contributed by atoms with E-state index in [1.807, 2.05) is 0 Å². The Morgan fingerprint density at radius 2 is 1.93 bits per heavy atom. The number of urea groups is 1. The van der Waals surface area contributed by atoms with Gasteiger partial charge in [-0.05, 0) is 44.5 Å². The molecule has 0 spiro atoms. The van der Waals surface area contributed by atoms with Gasteiger partial charge >= 0.3 is 16.1 Å². The molecule has 158 valence electrons. The molecule has 0 radical (unpaired) electrons. The number of ketones is 1. The summed E-state index contributed by atoms with van der Waals surface area (Å²) >= 11 is 0. The van der Waals surface area contributed by atoms with Crippen molar-refractivity contribution < 1.29 is 26.6 Å². The Morgan fingerprint density at radius 1 is 1.20 bits per heavy atom. The van der Waals surface area contributed by atoms with Crippen LogP contribution in [0.3, 0.4) is 0 Å². The molecular formula is C20H21N3O6S. The number of aromatic nitrogens is 1. The summed E-state index contributed by atoms with van der Waals surface area (Å²) in [6.45, 7) is 5.21. The third-order valence-corrected chi connectivity index (χ3v) is 5.62. The second-order valence-electron chi connectivity index (χ2n) is 6.71. The predicted molar refractivity (Wildman–Crippen MR) is 111 cm³/mol. The molecule has 2 heterocycles. The zero-order valence-corrected chi connectivity index (χ0v) is 17.5. The summed E-state index contributed by atoms with van der Waals surface area (Å²) in [6, 6.07) is 6.66. The topological polar surface area (TPSA) is 142 Å². The van der Waals surface area contributed by atoms with E-state index in [0.29, 0.717) is 23.1 Å². The Bertz CT molecular complexity index is 1250. The molecule has 3 rings (SSSR count). The highest BCUT2D eigenvalue weighted by Gasteiger charge is 2.25. The van der Waals surface area contributed by atoms with Gasteiger partial charge in [-0.25, -0.2) is 4.79 Å². The molecule has 9 nitrogen and oxygen atoms in total. The number of hydrogen-bond acceptors (Lipinski definition) is 7. The summed E-state index contributed by atoms with van der Waals surface area (Å²) in [5.74, 6) is -0.754. The first kappa shape index (κ1) is 21.3. The van der Waals surface area contributed by atoms with Crippen LogP contribution < -0.4 is 15.2 Å². The normalized spacial score (nSPS) is 11.4. The number of hydrogen-bond donors (Lipinski definition) is 2. The number of amides is 2. The van der Waals surface area contributed by atoms with Crippen LogP contribution in [0.1, 0.15) is 40.9 Å². The van der Waals surface area contributed by atoms with Gasteiger partial charge < -0.3 is 19.7 Å². The minimum atomic E-state index is -3.75. The van der Waals surface area contributed by atoms with Crippen molar-refractivity contribution in [2.75, 3.05) is 11.1 Å². The molecule has 10 heteroatoms. The molecule has 3 N–H and O–H groups in total. The zero-order chi connectivity index (χ0) is 22.1. The number of nitrogens with two attached hydrogens (primary N) is 1. The number of primary amides is 1. The first-order chi connectivity index (χ1) is 14.1. The third-order valence-electron chi connectivity index (χ3n) is 4.26. The number of aryl methyl sites for hydroxylation is 2. The first-order valence-electron chi connectivity index (χ1n) is 9.15. The van der Waals surface area contributed by atoms with Crippen LogP contribution in [-0.4, -0.2) is 31.0 Å². The Kier molecular flexibility index (Phi) is 5.79. The minimum Gasteiger partial charge on any atom is -0.450 e. The maximum Gasteiger partial charge on any atom is 0.316 e. The number of anilines is 1. The van der Waals surface area contributed by atoms with Gasteiger partial charge in [0.25, 0.3) is 0 Å². The average Bonchev–Trinajstić information content (AvgIpc) is 2.98. The predicted octanol–water partition coefficient (Wildman–Crippen LogP) is 3.28. The molecule has 1 aromatic carbocycles. The minimum absolute atomic E-state index is 0.0301. The highest BCUT2D eigenvalue weighted by atomic mass is 32.2. The molecule has 0 fully saturated rings. The van der Waals surface area contributed by atoms with Gasteiger partial charge in [0.05, 0.1) is 5.75 Å². The first-order valence-corrected chi connectivity index (χ1v) is 10.7. The van der Waals surface area contributed by atoms with Crippen molar-refractivity contribution in [2.45, 2.75) is 27.2 Å². The number of rotatable bonds is 7. The van der Waals surface area contributed by atoms with E-state index < -0.39 is 21.9 Å². The molecule has 0 unspecified atom stereocenters. The van der Waals surface area contributed by atoms with E-state index >= 15 is 0 Å². The number of carbonyl (C=O) groups is 2. The molecule has 0 aliphatic heterocycles. The molecule has 0 bridgehead atoms. The Morgan fingerprint density at radius 3 is 2.57 bits per heavy atom. The van der Waals surface area contributed by atoms with E-state index in [1.165, 1.54) is 18.2 Å². The highest BCUT2D eigenvalue weighted by molar-refractivity contribution is 7.87. The Labute approximate surface area is 173 Å². The SMILES string of the molecule is CCCS(=O)(=O)Oc1ccc2c(NC(N)=O)c(C(=O)c3ccc(C)nc3C)oc2c1. The van der Waals surface area contributed by atoms with Gasteiger partial charge in [-0.15, -0.1) is 0 Å². The molecule has 2 aromatic heterocycles. The van der Waals surface area contributed by atoms with Crippen LogP contribution in [0, 0.1) is 13.8 Å². The average molecular weight is 431 g/mol. The summed E-state index contributed by atoms with van der Waals surface area (Å²) < 4.78 is 34.6. The van der Waals surface area contributed by atoms with Crippen molar-refractivity contribution in [3.8, 4) is 5.75 Å².